The summed E-state index contributed by atoms with van der Waals surface area (Å²) < 4.78 is 15.4. The van der Waals surface area contributed by atoms with Crippen LogP contribution in [0, 0.1) is 5.82 Å². The highest BCUT2D eigenvalue weighted by Crippen LogP contribution is 2.30. The van der Waals surface area contributed by atoms with Crippen molar-refractivity contribution in [1.29, 1.82) is 0 Å². The van der Waals surface area contributed by atoms with E-state index in [2.05, 4.69) is 41.4 Å². The molecule has 1 unspecified atom stereocenters. The molecule has 17 heavy (non-hydrogen) atoms. The summed E-state index contributed by atoms with van der Waals surface area (Å²) in [4.78, 5) is 7.59. The Balaban J connectivity index is 2.34. The van der Waals surface area contributed by atoms with Crippen molar-refractivity contribution < 1.29 is 4.39 Å². The predicted octanol–water partition coefficient (Wildman–Crippen LogP) is 1.75. The molecule has 0 amide bonds. The lowest BCUT2D eigenvalue weighted by Gasteiger charge is -2.06. The third kappa shape index (κ3) is 2.60. The second-order valence-electron chi connectivity index (χ2n) is 3.18. The Bertz CT molecular complexity index is 530. The number of nitrogens with zero attached hydrogens (tertiary/aromatic N) is 6. The van der Waals surface area contributed by atoms with E-state index in [4.69, 9.17) is 0 Å². The van der Waals surface area contributed by atoms with Gasteiger partial charge in [0.05, 0.1) is 10.5 Å². The van der Waals surface area contributed by atoms with Gasteiger partial charge in [0, 0.05) is 7.05 Å². The summed E-state index contributed by atoms with van der Waals surface area (Å²) in [5.74, 6) is -0.454. The van der Waals surface area contributed by atoms with Crippen LogP contribution in [0.4, 0.5) is 4.39 Å². The average Bonchev–Trinajstić information content (AvgIpc) is 2.67. The van der Waals surface area contributed by atoms with Crippen molar-refractivity contribution in [1.82, 2.24) is 30.2 Å². The van der Waals surface area contributed by atoms with Crippen LogP contribution in [0.2, 0.25) is 0 Å². The minimum atomic E-state index is -0.454. The first-order valence-electron chi connectivity index (χ1n) is 4.64. The van der Waals surface area contributed by atoms with Gasteiger partial charge in [-0.1, -0.05) is 15.9 Å². The monoisotopic (exact) mass is 318 g/mol. The van der Waals surface area contributed by atoms with Gasteiger partial charge < -0.3 is 0 Å². The maximum Gasteiger partial charge on any atom is 0.215 e. The maximum atomic E-state index is 14.0. The number of aromatic nitrogens is 6. The van der Waals surface area contributed by atoms with Crippen LogP contribution in [0.25, 0.3) is 0 Å². The Morgan fingerprint density at radius 1 is 1.47 bits per heavy atom. The smallest absolute Gasteiger partial charge is 0.215 e. The fraction of sp³-hybridized carbons (Fsp3) is 0.375. The van der Waals surface area contributed by atoms with E-state index in [-0.39, 0.29) is 9.85 Å². The van der Waals surface area contributed by atoms with Crippen molar-refractivity contribution in [3.63, 3.8) is 0 Å². The molecule has 0 aliphatic carbocycles. The van der Waals surface area contributed by atoms with Gasteiger partial charge >= 0.3 is 0 Å². The lowest BCUT2D eigenvalue weighted by Crippen LogP contribution is -2.01. The van der Waals surface area contributed by atoms with Gasteiger partial charge in [-0.2, -0.15) is 0 Å². The van der Waals surface area contributed by atoms with Gasteiger partial charge in [0.15, 0.2) is 5.82 Å². The van der Waals surface area contributed by atoms with Crippen LogP contribution in [0.5, 0.6) is 0 Å². The number of rotatable bonds is 3. The molecule has 2 heterocycles. The summed E-state index contributed by atoms with van der Waals surface area (Å²) in [6, 6.07) is 0. The SMILES string of the molecule is CC(Br)c1ncnc(Sc2nnnn2C)c1F. The van der Waals surface area contributed by atoms with E-state index in [9.17, 15) is 4.39 Å². The van der Waals surface area contributed by atoms with Crippen LogP contribution < -0.4 is 0 Å². The second kappa shape index (κ2) is 5.05. The standard InChI is InChI=1S/C8H8BrFN6S/c1-4(9)6-5(10)7(12-3-11-6)17-8-13-14-15-16(8)2/h3-4H,1-2H3. The van der Waals surface area contributed by atoms with E-state index < -0.39 is 5.82 Å². The zero-order valence-electron chi connectivity index (χ0n) is 9.00. The molecule has 90 valence electrons. The number of aryl methyl sites for hydroxylation is 1. The van der Waals surface area contributed by atoms with E-state index in [1.54, 1.807) is 14.0 Å². The molecule has 0 aliphatic heterocycles. The van der Waals surface area contributed by atoms with Crippen molar-refractivity contribution >= 4 is 27.7 Å². The largest absolute Gasteiger partial charge is 0.237 e. The van der Waals surface area contributed by atoms with Gasteiger partial charge in [-0.05, 0) is 29.1 Å². The van der Waals surface area contributed by atoms with Crippen LogP contribution in [-0.4, -0.2) is 30.2 Å². The Morgan fingerprint density at radius 3 is 2.82 bits per heavy atom. The number of alkyl halides is 1. The molecule has 1 atom stereocenters. The Kier molecular flexibility index (Phi) is 3.67. The Morgan fingerprint density at radius 2 is 2.24 bits per heavy atom. The van der Waals surface area contributed by atoms with Crippen molar-refractivity contribution in [2.75, 3.05) is 0 Å². The first-order valence-corrected chi connectivity index (χ1v) is 6.37. The molecule has 9 heteroatoms. The molecule has 0 spiro atoms. The fourth-order valence-corrected chi connectivity index (χ4v) is 2.14. The first-order chi connectivity index (χ1) is 8.09. The third-order valence-electron chi connectivity index (χ3n) is 1.93. The molecule has 2 rings (SSSR count). The highest BCUT2D eigenvalue weighted by molar-refractivity contribution is 9.09. The number of tetrazole rings is 1. The highest BCUT2D eigenvalue weighted by Gasteiger charge is 2.17. The van der Waals surface area contributed by atoms with E-state index in [0.717, 1.165) is 11.8 Å². The molecule has 0 saturated carbocycles. The molecule has 0 bridgehead atoms. The lowest BCUT2D eigenvalue weighted by molar-refractivity contribution is 0.557. The quantitative estimate of drug-likeness (QED) is 0.634. The minimum Gasteiger partial charge on any atom is -0.237 e. The van der Waals surface area contributed by atoms with Gasteiger partial charge in [-0.25, -0.2) is 19.0 Å². The van der Waals surface area contributed by atoms with Crippen molar-refractivity contribution in [3.8, 4) is 0 Å². The van der Waals surface area contributed by atoms with Crippen LogP contribution in [-0.2, 0) is 7.05 Å². The molecule has 0 N–H and O–H groups in total. The van der Waals surface area contributed by atoms with E-state index in [1.165, 1.54) is 11.0 Å². The summed E-state index contributed by atoms with van der Waals surface area (Å²) in [7, 11) is 1.68. The average molecular weight is 319 g/mol. The topological polar surface area (TPSA) is 69.4 Å². The molecule has 0 saturated heterocycles. The second-order valence-corrected chi connectivity index (χ2v) is 5.51. The Hall–Kier alpha value is -1.09. The summed E-state index contributed by atoms with van der Waals surface area (Å²) in [6.07, 6.45) is 1.32. The molecule has 0 fully saturated rings. The summed E-state index contributed by atoms with van der Waals surface area (Å²) >= 11 is 4.33. The molecular weight excluding hydrogens is 311 g/mol. The Labute approximate surface area is 109 Å². The normalized spacial score (nSPS) is 12.7. The van der Waals surface area contributed by atoms with Crippen molar-refractivity contribution in [2.45, 2.75) is 21.9 Å². The zero-order valence-corrected chi connectivity index (χ0v) is 11.4. The molecule has 0 aromatic carbocycles. The van der Waals surface area contributed by atoms with Gasteiger partial charge in [0.25, 0.3) is 0 Å². The molecule has 2 aromatic rings. The summed E-state index contributed by atoms with van der Waals surface area (Å²) in [6.45, 7) is 1.80. The molecule has 0 radical (unpaired) electrons. The maximum absolute atomic E-state index is 14.0. The van der Waals surface area contributed by atoms with Crippen LogP contribution in [0.3, 0.4) is 0 Å². The van der Waals surface area contributed by atoms with Crippen molar-refractivity contribution in [3.05, 3.63) is 17.8 Å². The van der Waals surface area contributed by atoms with Gasteiger partial charge in [0.1, 0.15) is 11.4 Å². The molecule has 0 aliphatic rings. The van der Waals surface area contributed by atoms with Crippen LogP contribution in [0.15, 0.2) is 16.5 Å². The predicted molar refractivity (Wildman–Crippen MR) is 62.3 cm³/mol. The molecular formula is C8H8BrFN6S. The van der Waals surface area contributed by atoms with E-state index in [1.807, 2.05) is 0 Å². The first kappa shape index (κ1) is 12.4. The van der Waals surface area contributed by atoms with Gasteiger partial charge in [-0.15, -0.1) is 5.10 Å². The molecule has 6 nitrogen and oxygen atoms in total. The lowest BCUT2D eigenvalue weighted by atomic mass is 10.3. The van der Waals surface area contributed by atoms with Crippen molar-refractivity contribution in [2.24, 2.45) is 7.05 Å². The summed E-state index contributed by atoms with van der Waals surface area (Å²) in [5.41, 5.74) is 0.317. The van der Waals surface area contributed by atoms with Crippen LogP contribution >= 0.6 is 27.7 Å². The minimum absolute atomic E-state index is 0.178. The number of hydrogen-bond donors (Lipinski definition) is 0. The number of halogens is 2. The van der Waals surface area contributed by atoms with E-state index >= 15 is 0 Å². The molecule has 2 aromatic heterocycles. The van der Waals surface area contributed by atoms with Crippen LogP contribution in [0.1, 0.15) is 17.4 Å². The van der Waals surface area contributed by atoms with Gasteiger partial charge in [-0.3, -0.25) is 0 Å². The fourth-order valence-electron chi connectivity index (χ4n) is 1.11. The van der Waals surface area contributed by atoms with E-state index in [0.29, 0.717) is 10.9 Å². The zero-order chi connectivity index (χ0) is 12.4. The highest BCUT2D eigenvalue weighted by atomic mass is 79.9. The van der Waals surface area contributed by atoms with Gasteiger partial charge in [0.2, 0.25) is 5.16 Å². The summed E-state index contributed by atoms with van der Waals surface area (Å²) in [5, 5.41) is 11.6. The third-order valence-corrected chi connectivity index (χ3v) is 3.37. The number of hydrogen-bond acceptors (Lipinski definition) is 6.